The summed E-state index contributed by atoms with van der Waals surface area (Å²) in [5.74, 6) is -3.52. The molecule has 0 unspecified atom stereocenters. The van der Waals surface area contributed by atoms with E-state index in [0.29, 0.717) is 8.95 Å². The van der Waals surface area contributed by atoms with Crippen molar-refractivity contribution >= 4 is 66.6 Å². The van der Waals surface area contributed by atoms with Crippen LogP contribution in [0, 0.1) is 23.0 Å². The van der Waals surface area contributed by atoms with Crippen molar-refractivity contribution < 1.29 is 18.3 Å². The van der Waals surface area contributed by atoms with Crippen LogP contribution in [0.25, 0.3) is 17.5 Å². The van der Waals surface area contributed by atoms with Gasteiger partial charge in [0.2, 0.25) is 0 Å². The van der Waals surface area contributed by atoms with Crippen LogP contribution in [0.1, 0.15) is 24.0 Å². The first-order chi connectivity index (χ1) is 16.7. The zero-order valence-corrected chi connectivity index (χ0v) is 21.9. The Balaban J connectivity index is 2.14. The van der Waals surface area contributed by atoms with Crippen LogP contribution < -0.4 is 20.5 Å². The fourth-order valence-electron chi connectivity index (χ4n) is 3.77. The average Bonchev–Trinajstić information content (AvgIpc) is 3.13. The number of carbonyl (C=O) groups is 1. The Morgan fingerprint density at radius 3 is 2.54 bits per heavy atom. The Labute approximate surface area is 218 Å². The number of nitriles is 1. The molecule has 2 aromatic carbocycles. The van der Waals surface area contributed by atoms with Gasteiger partial charge in [0.05, 0.1) is 34.3 Å². The molecule has 0 spiro atoms. The zero-order chi connectivity index (χ0) is 25.4. The van der Waals surface area contributed by atoms with E-state index in [2.05, 4.69) is 31.9 Å². The number of esters is 1. The predicted molar refractivity (Wildman–Crippen MR) is 135 cm³/mol. The number of nitrogens with zero attached hydrogens (tertiary/aromatic N) is 2. The summed E-state index contributed by atoms with van der Waals surface area (Å²) in [6.45, 7) is 1.61. The largest absolute Gasteiger partial charge is 0.463 e. The number of rotatable bonds is 4. The molecule has 0 bridgehead atoms. The van der Waals surface area contributed by atoms with Gasteiger partial charge < -0.3 is 10.5 Å². The third kappa shape index (κ3) is 4.49. The van der Waals surface area contributed by atoms with Crippen molar-refractivity contribution in [2.45, 2.75) is 12.8 Å². The molecule has 2 heterocycles. The topological polar surface area (TPSA) is 98.1 Å². The van der Waals surface area contributed by atoms with Crippen molar-refractivity contribution in [3.8, 4) is 6.07 Å². The van der Waals surface area contributed by atoms with Crippen molar-refractivity contribution in [1.82, 2.24) is 4.57 Å². The lowest BCUT2D eigenvalue weighted by Crippen LogP contribution is -2.40. The second-order valence-electron chi connectivity index (χ2n) is 7.37. The van der Waals surface area contributed by atoms with E-state index in [1.165, 1.54) is 42.5 Å². The molecule has 1 aliphatic rings. The standard InChI is InChI=1S/C24H15Br2F2N3O3S/c1-2-34-24(33)20-19(14-9-13(26)4-6-17(14)28)15(10-29)21(30)31-22(32)18(35-23(20)31)8-11-7-12(25)3-5-16(11)27/h3-9,19H,2,30H2,1H3/b18-8-/t19-/m1/s1. The van der Waals surface area contributed by atoms with Crippen LogP contribution in [0.3, 0.4) is 0 Å². The number of hydrogen-bond donors (Lipinski definition) is 1. The maximum atomic E-state index is 15.0. The monoisotopic (exact) mass is 621 g/mol. The lowest BCUT2D eigenvalue weighted by molar-refractivity contribution is -0.136. The number of carbonyl (C=O) groups excluding carboxylic acids is 1. The molecule has 0 saturated heterocycles. The fraction of sp³-hybridized carbons (Fsp3) is 0.125. The molecule has 1 aliphatic heterocycles. The molecule has 35 heavy (non-hydrogen) atoms. The van der Waals surface area contributed by atoms with Gasteiger partial charge in [-0.1, -0.05) is 31.9 Å². The molecule has 3 aromatic rings. The van der Waals surface area contributed by atoms with Crippen molar-refractivity contribution in [2.75, 3.05) is 6.61 Å². The van der Waals surface area contributed by atoms with Crippen LogP contribution >= 0.6 is 43.2 Å². The first-order valence-electron chi connectivity index (χ1n) is 10.1. The highest BCUT2D eigenvalue weighted by Crippen LogP contribution is 2.38. The predicted octanol–water partition coefficient (Wildman–Crippen LogP) is 3.70. The number of halogens is 4. The molecule has 0 aliphatic carbocycles. The highest BCUT2D eigenvalue weighted by Gasteiger charge is 2.37. The number of hydrogen-bond acceptors (Lipinski definition) is 6. The van der Waals surface area contributed by atoms with Crippen molar-refractivity contribution in [3.05, 3.63) is 93.2 Å². The van der Waals surface area contributed by atoms with Crippen molar-refractivity contribution in [1.29, 1.82) is 5.26 Å². The number of nitrogens with two attached hydrogens (primary N) is 1. The Hall–Kier alpha value is -3.07. The summed E-state index contributed by atoms with van der Waals surface area (Å²) < 4.78 is 36.8. The van der Waals surface area contributed by atoms with Crippen molar-refractivity contribution in [3.63, 3.8) is 0 Å². The summed E-state index contributed by atoms with van der Waals surface area (Å²) in [5.41, 5.74) is 5.45. The SMILES string of the molecule is CCOC(=O)C1=c2s/c(=C\c3cc(Br)ccc3F)c(=O)n2C(N)=C(C#N)[C@H]1c1cc(Br)ccc1F. The van der Waals surface area contributed by atoms with Gasteiger partial charge in [-0.2, -0.15) is 5.26 Å². The van der Waals surface area contributed by atoms with Gasteiger partial charge in [-0.3, -0.25) is 9.36 Å². The molecule has 11 heteroatoms. The lowest BCUT2D eigenvalue weighted by atomic mass is 9.83. The minimum absolute atomic E-state index is 0.00887. The molecule has 1 aromatic heterocycles. The number of benzene rings is 2. The Morgan fingerprint density at radius 2 is 1.89 bits per heavy atom. The number of ether oxygens (including phenoxy) is 1. The summed E-state index contributed by atoms with van der Waals surface area (Å²) in [5, 5.41) is 9.95. The van der Waals surface area contributed by atoms with Crippen molar-refractivity contribution in [2.24, 2.45) is 5.73 Å². The molecule has 178 valence electrons. The number of thiazole rings is 1. The third-order valence-corrected chi connectivity index (χ3v) is 7.37. The summed E-state index contributed by atoms with van der Waals surface area (Å²) >= 11 is 7.43. The van der Waals surface area contributed by atoms with Gasteiger partial charge in [0, 0.05) is 20.1 Å². The second kappa shape index (κ2) is 9.89. The number of fused-ring (bicyclic) bond motifs is 1. The van der Waals surface area contributed by atoms with Gasteiger partial charge >= 0.3 is 5.97 Å². The highest BCUT2D eigenvalue weighted by molar-refractivity contribution is 9.10. The fourth-order valence-corrected chi connectivity index (χ4v) is 5.68. The van der Waals surface area contributed by atoms with E-state index in [-0.39, 0.29) is 43.9 Å². The van der Waals surface area contributed by atoms with Crippen LogP contribution in [0.4, 0.5) is 8.78 Å². The zero-order valence-electron chi connectivity index (χ0n) is 17.9. The van der Waals surface area contributed by atoms with E-state index in [0.717, 1.165) is 15.9 Å². The molecule has 4 rings (SSSR count). The minimum atomic E-state index is -1.22. The van der Waals surface area contributed by atoms with Gasteiger partial charge in [-0.15, -0.1) is 11.3 Å². The molecular weight excluding hydrogens is 608 g/mol. The van der Waals surface area contributed by atoms with Gasteiger partial charge in [0.1, 0.15) is 22.1 Å². The average molecular weight is 623 g/mol. The van der Waals surface area contributed by atoms with E-state index in [4.69, 9.17) is 10.5 Å². The Bertz CT molecular complexity index is 1640. The molecule has 6 nitrogen and oxygen atoms in total. The minimum Gasteiger partial charge on any atom is -0.463 e. The molecule has 0 radical (unpaired) electrons. The molecular formula is C24H15Br2F2N3O3S. The first-order valence-corrected chi connectivity index (χ1v) is 12.5. The van der Waals surface area contributed by atoms with Gasteiger partial charge in [0.25, 0.3) is 5.56 Å². The number of allylic oxidation sites excluding steroid dienone is 1. The number of aromatic nitrogens is 1. The van der Waals surface area contributed by atoms with E-state index >= 15 is 0 Å². The normalized spacial score (nSPS) is 15.7. The smallest absolute Gasteiger partial charge is 0.338 e. The van der Waals surface area contributed by atoms with Gasteiger partial charge in [-0.25, -0.2) is 13.6 Å². The third-order valence-electron chi connectivity index (χ3n) is 5.28. The van der Waals surface area contributed by atoms with Gasteiger partial charge in [-0.05, 0) is 49.4 Å². The molecule has 0 saturated carbocycles. The van der Waals surface area contributed by atoms with Crippen LogP contribution in [-0.4, -0.2) is 17.1 Å². The van der Waals surface area contributed by atoms with Crippen LogP contribution in [0.15, 0.2) is 55.7 Å². The van der Waals surface area contributed by atoms with Crippen LogP contribution in [0.2, 0.25) is 0 Å². The Morgan fingerprint density at radius 1 is 1.23 bits per heavy atom. The second-order valence-corrected chi connectivity index (χ2v) is 10.2. The van der Waals surface area contributed by atoms with E-state index in [9.17, 15) is 23.6 Å². The maximum Gasteiger partial charge on any atom is 0.338 e. The van der Waals surface area contributed by atoms with E-state index in [1.54, 1.807) is 6.92 Å². The summed E-state index contributed by atoms with van der Waals surface area (Å²) in [6, 6.07) is 10.3. The molecule has 2 N–H and O–H groups in total. The molecule has 1 atom stereocenters. The maximum absolute atomic E-state index is 15.0. The lowest BCUT2D eigenvalue weighted by Gasteiger charge is -2.25. The summed E-state index contributed by atoms with van der Waals surface area (Å²) in [4.78, 5) is 26.4. The molecule has 0 amide bonds. The van der Waals surface area contributed by atoms with Crippen LogP contribution in [-0.2, 0) is 9.53 Å². The van der Waals surface area contributed by atoms with E-state index in [1.807, 2.05) is 6.07 Å². The quantitative estimate of drug-likeness (QED) is 0.448. The Kier molecular flexibility index (Phi) is 7.07. The van der Waals surface area contributed by atoms with Gasteiger partial charge in [0.15, 0.2) is 0 Å². The first kappa shape index (κ1) is 25.0. The highest BCUT2D eigenvalue weighted by atomic mass is 79.9. The molecule has 0 fully saturated rings. The van der Waals surface area contributed by atoms with Crippen LogP contribution in [0.5, 0.6) is 0 Å². The summed E-state index contributed by atoms with van der Waals surface area (Å²) in [6.07, 6.45) is 1.33. The summed E-state index contributed by atoms with van der Waals surface area (Å²) in [7, 11) is 0. The van der Waals surface area contributed by atoms with E-state index < -0.39 is 29.1 Å².